The van der Waals surface area contributed by atoms with E-state index >= 15 is 0 Å². The predicted molar refractivity (Wildman–Crippen MR) is 84.0 cm³/mol. The summed E-state index contributed by atoms with van der Waals surface area (Å²) in [6, 6.07) is 15.8. The topological polar surface area (TPSA) is 36.3 Å². The van der Waals surface area contributed by atoms with Crippen LogP contribution in [0.2, 0.25) is 0 Å². The van der Waals surface area contributed by atoms with E-state index in [1.54, 1.807) is 19.2 Å². The summed E-state index contributed by atoms with van der Waals surface area (Å²) in [6.45, 7) is 0.723. The first-order valence-electron chi connectivity index (χ1n) is 6.17. The van der Waals surface area contributed by atoms with Gasteiger partial charge in [-0.3, -0.25) is 0 Å². The van der Waals surface area contributed by atoms with E-state index in [2.05, 4.69) is 34.1 Å². The lowest BCUT2D eigenvalue weighted by molar-refractivity contribution is 0.415. The summed E-state index contributed by atoms with van der Waals surface area (Å²) in [6.07, 6.45) is 0. The molecule has 0 aliphatic rings. The molecule has 0 aromatic heterocycles. The van der Waals surface area contributed by atoms with E-state index < -0.39 is 0 Å². The Hall–Kier alpha value is -1.99. The largest absolute Gasteiger partial charge is 0.497 e. The maximum Gasteiger partial charge on any atom is 0.121 e. The lowest BCUT2D eigenvalue weighted by Crippen LogP contribution is -2.17. The summed E-state index contributed by atoms with van der Waals surface area (Å²) < 4.78 is 6.28. The third-order valence-corrected chi connectivity index (χ3v) is 3.54. The molecule has 102 valence electrons. The van der Waals surface area contributed by atoms with Gasteiger partial charge in [0.25, 0.3) is 0 Å². The molecule has 20 heavy (non-hydrogen) atoms. The molecule has 0 saturated carbocycles. The minimum atomic E-state index is 0.642. The maximum atomic E-state index is 9.22. The second kappa shape index (κ2) is 6.44. The van der Waals surface area contributed by atoms with Crippen molar-refractivity contribution >= 4 is 21.6 Å². The van der Waals surface area contributed by atoms with E-state index in [9.17, 15) is 5.26 Å². The molecule has 2 aromatic carbocycles. The van der Waals surface area contributed by atoms with Crippen molar-refractivity contribution in [3.8, 4) is 11.8 Å². The zero-order chi connectivity index (χ0) is 14.5. The van der Waals surface area contributed by atoms with Gasteiger partial charge < -0.3 is 9.64 Å². The molecule has 0 saturated heterocycles. The van der Waals surface area contributed by atoms with Crippen molar-refractivity contribution < 1.29 is 4.74 Å². The molecule has 0 aliphatic carbocycles. The summed E-state index contributed by atoms with van der Waals surface area (Å²) in [7, 11) is 3.59. The molecule has 0 radical (unpaired) electrons. The first-order chi connectivity index (χ1) is 9.63. The molecule has 0 aliphatic heterocycles. The van der Waals surface area contributed by atoms with Gasteiger partial charge in [-0.1, -0.05) is 28.1 Å². The molecule has 0 N–H and O–H groups in total. The van der Waals surface area contributed by atoms with Crippen LogP contribution < -0.4 is 9.64 Å². The van der Waals surface area contributed by atoms with Crippen LogP contribution in [-0.2, 0) is 6.54 Å². The Bertz CT molecular complexity index is 649. The molecule has 2 aromatic rings. The number of nitriles is 1. The highest BCUT2D eigenvalue weighted by Gasteiger charge is 2.09. The van der Waals surface area contributed by atoms with Gasteiger partial charge >= 0.3 is 0 Å². The van der Waals surface area contributed by atoms with E-state index in [1.807, 2.05) is 30.1 Å². The van der Waals surface area contributed by atoms with Crippen LogP contribution in [0.3, 0.4) is 0 Å². The third kappa shape index (κ3) is 3.31. The van der Waals surface area contributed by atoms with E-state index in [0.29, 0.717) is 5.56 Å². The third-order valence-electron chi connectivity index (χ3n) is 3.05. The van der Waals surface area contributed by atoms with E-state index in [0.717, 1.165) is 22.5 Å². The van der Waals surface area contributed by atoms with Gasteiger partial charge in [0.2, 0.25) is 0 Å². The number of methoxy groups -OCH3 is 1. The average molecular weight is 331 g/mol. The van der Waals surface area contributed by atoms with Crippen LogP contribution in [0.15, 0.2) is 46.9 Å². The number of ether oxygens (including phenoxy) is 1. The molecule has 0 atom stereocenters. The number of rotatable bonds is 4. The summed E-state index contributed by atoms with van der Waals surface area (Å²) >= 11 is 3.47. The summed E-state index contributed by atoms with van der Waals surface area (Å²) in [5.41, 5.74) is 2.68. The quantitative estimate of drug-likeness (QED) is 0.851. The normalized spacial score (nSPS) is 9.90. The van der Waals surface area contributed by atoms with Crippen LogP contribution in [0.4, 0.5) is 5.69 Å². The molecule has 0 fully saturated rings. The van der Waals surface area contributed by atoms with Crippen molar-refractivity contribution in [1.29, 1.82) is 5.26 Å². The highest BCUT2D eigenvalue weighted by atomic mass is 79.9. The zero-order valence-electron chi connectivity index (χ0n) is 11.4. The second-order valence-corrected chi connectivity index (χ2v) is 5.40. The van der Waals surface area contributed by atoms with Crippen LogP contribution in [0.25, 0.3) is 0 Å². The van der Waals surface area contributed by atoms with Gasteiger partial charge in [0, 0.05) is 24.1 Å². The van der Waals surface area contributed by atoms with Gasteiger partial charge in [-0.2, -0.15) is 5.26 Å². The summed E-state index contributed by atoms with van der Waals surface area (Å²) in [5.74, 6) is 0.750. The minimum Gasteiger partial charge on any atom is -0.497 e. The van der Waals surface area contributed by atoms with Crippen LogP contribution in [0, 0.1) is 11.3 Å². The first kappa shape index (κ1) is 14.4. The number of hydrogen-bond donors (Lipinski definition) is 0. The Balaban J connectivity index is 2.28. The number of anilines is 1. The SMILES string of the molecule is COc1ccc(C#N)c(N(C)Cc2cccc(Br)c2)c1. The van der Waals surface area contributed by atoms with Gasteiger partial charge in [-0.25, -0.2) is 0 Å². The molecule has 0 heterocycles. The van der Waals surface area contributed by atoms with E-state index in [-0.39, 0.29) is 0 Å². The lowest BCUT2D eigenvalue weighted by Gasteiger charge is -2.21. The first-order valence-corrected chi connectivity index (χ1v) is 6.97. The van der Waals surface area contributed by atoms with Crippen molar-refractivity contribution in [3.63, 3.8) is 0 Å². The molecule has 4 heteroatoms. The maximum absolute atomic E-state index is 9.22. The van der Waals surface area contributed by atoms with Gasteiger partial charge in [-0.05, 0) is 29.8 Å². The van der Waals surface area contributed by atoms with Crippen LogP contribution in [0.1, 0.15) is 11.1 Å². The second-order valence-electron chi connectivity index (χ2n) is 4.48. The van der Waals surface area contributed by atoms with Gasteiger partial charge in [0.15, 0.2) is 0 Å². The van der Waals surface area contributed by atoms with Crippen LogP contribution in [-0.4, -0.2) is 14.2 Å². The Kier molecular flexibility index (Phi) is 4.65. The van der Waals surface area contributed by atoms with Crippen molar-refractivity contribution in [2.24, 2.45) is 0 Å². The molecule has 0 amide bonds. The van der Waals surface area contributed by atoms with Crippen molar-refractivity contribution in [1.82, 2.24) is 0 Å². The molecule has 0 spiro atoms. The minimum absolute atomic E-state index is 0.642. The highest BCUT2D eigenvalue weighted by molar-refractivity contribution is 9.10. The van der Waals surface area contributed by atoms with Gasteiger partial charge in [0.05, 0.1) is 18.4 Å². The Morgan fingerprint density at radius 2 is 2.05 bits per heavy atom. The molecular formula is C16H15BrN2O. The van der Waals surface area contributed by atoms with Crippen molar-refractivity contribution in [2.45, 2.75) is 6.54 Å². The molecule has 0 unspecified atom stereocenters. The van der Waals surface area contributed by atoms with Gasteiger partial charge in [0.1, 0.15) is 11.8 Å². The fourth-order valence-corrected chi connectivity index (χ4v) is 2.49. The highest BCUT2D eigenvalue weighted by Crippen LogP contribution is 2.26. The molecule has 2 rings (SSSR count). The number of halogens is 1. The van der Waals surface area contributed by atoms with Crippen LogP contribution >= 0.6 is 15.9 Å². The Labute approximate surface area is 127 Å². The number of hydrogen-bond acceptors (Lipinski definition) is 3. The Morgan fingerprint density at radius 3 is 2.70 bits per heavy atom. The van der Waals surface area contributed by atoms with E-state index in [1.165, 1.54) is 5.56 Å². The van der Waals surface area contributed by atoms with Crippen molar-refractivity contribution in [2.75, 3.05) is 19.1 Å². The summed E-state index contributed by atoms with van der Waals surface area (Å²) in [4.78, 5) is 2.04. The lowest BCUT2D eigenvalue weighted by atomic mass is 10.1. The standard InChI is InChI=1S/C16H15BrN2O/c1-19(11-12-4-3-5-14(17)8-12)16-9-15(20-2)7-6-13(16)10-18/h3-9H,11H2,1-2H3. The Morgan fingerprint density at radius 1 is 1.25 bits per heavy atom. The van der Waals surface area contributed by atoms with Crippen LogP contribution in [0.5, 0.6) is 5.75 Å². The summed E-state index contributed by atoms with van der Waals surface area (Å²) in [5, 5.41) is 9.22. The number of nitrogens with zero attached hydrogens (tertiary/aromatic N) is 2. The predicted octanol–water partition coefficient (Wildman–Crippen LogP) is 3.97. The van der Waals surface area contributed by atoms with E-state index in [4.69, 9.17) is 4.74 Å². The fourth-order valence-electron chi connectivity index (χ4n) is 2.04. The monoisotopic (exact) mass is 330 g/mol. The van der Waals surface area contributed by atoms with Crippen molar-refractivity contribution in [3.05, 3.63) is 58.1 Å². The van der Waals surface area contributed by atoms with Gasteiger partial charge in [-0.15, -0.1) is 0 Å². The zero-order valence-corrected chi connectivity index (χ0v) is 13.0. The molecule has 3 nitrogen and oxygen atoms in total. The molecular weight excluding hydrogens is 316 g/mol. The number of benzene rings is 2. The molecule has 0 bridgehead atoms. The smallest absolute Gasteiger partial charge is 0.121 e. The fraction of sp³-hybridized carbons (Fsp3) is 0.188. The average Bonchev–Trinajstić information content (AvgIpc) is 2.46.